The molecule has 0 fully saturated rings. The highest BCUT2D eigenvalue weighted by atomic mass is 16.2. The van der Waals surface area contributed by atoms with Crippen LogP contribution in [0.15, 0.2) is 30.3 Å². The molecule has 0 amide bonds. The molecular weight excluding hydrogens is 186 g/mol. The number of nitrogens with one attached hydrogen (secondary N) is 1. The first-order valence-corrected chi connectivity index (χ1v) is 5.71. The maximum Gasteiger partial charge on any atom is 0.0431 e. The summed E-state index contributed by atoms with van der Waals surface area (Å²) in [7, 11) is 0. The van der Waals surface area contributed by atoms with Gasteiger partial charge >= 0.3 is 0 Å². The van der Waals surface area contributed by atoms with Crippen molar-refractivity contribution < 1.29 is 5.11 Å². The SMILES string of the molecule is CC(CCCCO)NCc1ccccc1. The average Bonchev–Trinajstić information content (AvgIpc) is 2.28. The topological polar surface area (TPSA) is 32.3 Å². The van der Waals surface area contributed by atoms with Crippen molar-refractivity contribution in [2.24, 2.45) is 0 Å². The van der Waals surface area contributed by atoms with Crippen LogP contribution in [-0.4, -0.2) is 17.8 Å². The van der Waals surface area contributed by atoms with Gasteiger partial charge in [0, 0.05) is 19.2 Å². The van der Waals surface area contributed by atoms with Crippen molar-refractivity contribution in [3.05, 3.63) is 35.9 Å². The van der Waals surface area contributed by atoms with Crippen LogP contribution < -0.4 is 5.32 Å². The van der Waals surface area contributed by atoms with Gasteiger partial charge in [0.15, 0.2) is 0 Å². The zero-order chi connectivity index (χ0) is 10.9. The van der Waals surface area contributed by atoms with Crippen LogP contribution in [0.1, 0.15) is 31.7 Å². The number of benzene rings is 1. The number of unbranched alkanes of at least 4 members (excludes halogenated alkanes) is 1. The largest absolute Gasteiger partial charge is 0.396 e. The number of hydrogen-bond acceptors (Lipinski definition) is 2. The van der Waals surface area contributed by atoms with E-state index < -0.39 is 0 Å². The van der Waals surface area contributed by atoms with Crippen LogP contribution in [0.2, 0.25) is 0 Å². The van der Waals surface area contributed by atoms with E-state index in [4.69, 9.17) is 5.11 Å². The molecule has 0 aliphatic rings. The Bertz CT molecular complexity index is 248. The lowest BCUT2D eigenvalue weighted by Crippen LogP contribution is -2.25. The van der Waals surface area contributed by atoms with Gasteiger partial charge in [0.2, 0.25) is 0 Å². The molecule has 0 heterocycles. The lowest BCUT2D eigenvalue weighted by molar-refractivity contribution is 0.280. The van der Waals surface area contributed by atoms with Crippen molar-refractivity contribution in [1.82, 2.24) is 5.32 Å². The third kappa shape index (κ3) is 5.55. The second-order valence-corrected chi connectivity index (χ2v) is 3.99. The molecule has 1 atom stereocenters. The number of rotatable bonds is 7. The summed E-state index contributed by atoms with van der Waals surface area (Å²) in [5.41, 5.74) is 1.33. The molecular formula is C13H21NO. The lowest BCUT2D eigenvalue weighted by Gasteiger charge is -2.13. The molecule has 0 saturated heterocycles. The minimum atomic E-state index is 0.311. The van der Waals surface area contributed by atoms with Crippen molar-refractivity contribution in [2.75, 3.05) is 6.61 Å². The van der Waals surface area contributed by atoms with Gasteiger partial charge in [-0.15, -0.1) is 0 Å². The van der Waals surface area contributed by atoms with Crippen molar-refractivity contribution in [3.8, 4) is 0 Å². The van der Waals surface area contributed by atoms with Crippen LogP contribution in [-0.2, 0) is 6.54 Å². The molecule has 0 bridgehead atoms. The van der Waals surface area contributed by atoms with E-state index in [1.54, 1.807) is 0 Å². The molecule has 1 rings (SSSR count). The zero-order valence-electron chi connectivity index (χ0n) is 9.45. The first kappa shape index (κ1) is 12.2. The van der Waals surface area contributed by atoms with Gasteiger partial charge in [-0.3, -0.25) is 0 Å². The van der Waals surface area contributed by atoms with Crippen LogP contribution in [0.4, 0.5) is 0 Å². The highest BCUT2D eigenvalue weighted by Gasteiger charge is 2.00. The summed E-state index contributed by atoms with van der Waals surface area (Å²) in [5, 5.41) is 12.1. The van der Waals surface area contributed by atoms with Crippen molar-refractivity contribution in [2.45, 2.75) is 38.8 Å². The Balaban J connectivity index is 2.14. The van der Waals surface area contributed by atoms with E-state index in [0.29, 0.717) is 12.6 Å². The monoisotopic (exact) mass is 207 g/mol. The molecule has 1 unspecified atom stereocenters. The summed E-state index contributed by atoms with van der Waals surface area (Å²) in [6.45, 7) is 3.44. The minimum Gasteiger partial charge on any atom is -0.396 e. The highest BCUT2D eigenvalue weighted by molar-refractivity contribution is 5.14. The third-order valence-electron chi connectivity index (χ3n) is 2.54. The van der Waals surface area contributed by atoms with Crippen LogP contribution in [0.5, 0.6) is 0 Å². The molecule has 0 aliphatic heterocycles. The summed E-state index contributed by atoms with van der Waals surface area (Å²) in [6.07, 6.45) is 3.14. The molecule has 0 aromatic heterocycles. The van der Waals surface area contributed by atoms with E-state index in [9.17, 15) is 0 Å². The standard InChI is InChI=1S/C13H21NO/c1-12(7-5-6-10-15)14-11-13-8-3-2-4-9-13/h2-4,8-9,12,14-15H,5-7,10-11H2,1H3. The molecule has 2 nitrogen and oxygen atoms in total. The predicted octanol–water partition coefficient (Wildman–Crippen LogP) is 2.33. The van der Waals surface area contributed by atoms with E-state index in [1.165, 1.54) is 5.56 Å². The Morgan fingerprint density at radius 2 is 1.93 bits per heavy atom. The number of aliphatic hydroxyl groups is 1. The van der Waals surface area contributed by atoms with Gasteiger partial charge in [-0.25, -0.2) is 0 Å². The van der Waals surface area contributed by atoms with Crippen molar-refractivity contribution >= 4 is 0 Å². The highest BCUT2D eigenvalue weighted by Crippen LogP contribution is 2.02. The van der Waals surface area contributed by atoms with Gasteiger partial charge in [-0.2, -0.15) is 0 Å². The zero-order valence-corrected chi connectivity index (χ0v) is 9.45. The Morgan fingerprint density at radius 1 is 1.20 bits per heavy atom. The Labute approximate surface area is 92.3 Å². The molecule has 0 saturated carbocycles. The summed E-state index contributed by atoms with van der Waals surface area (Å²) in [4.78, 5) is 0. The number of hydrogen-bond donors (Lipinski definition) is 2. The second kappa shape index (κ2) is 7.43. The predicted molar refractivity (Wildman–Crippen MR) is 63.7 cm³/mol. The maximum absolute atomic E-state index is 8.67. The van der Waals surface area contributed by atoms with Gasteiger partial charge in [0.05, 0.1) is 0 Å². The molecule has 1 aromatic rings. The molecule has 15 heavy (non-hydrogen) atoms. The van der Waals surface area contributed by atoms with Gasteiger partial charge in [-0.05, 0) is 31.7 Å². The first-order chi connectivity index (χ1) is 7.33. The molecule has 0 radical (unpaired) electrons. The van der Waals surface area contributed by atoms with Gasteiger partial charge in [0.25, 0.3) is 0 Å². The summed E-state index contributed by atoms with van der Waals surface area (Å²) in [6, 6.07) is 11.0. The fraction of sp³-hybridized carbons (Fsp3) is 0.538. The fourth-order valence-corrected chi connectivity index (χ4v) is 1.55. The first-order valence-electron chi connectivity index (χ1n) is 5.71. The second-order valence-electron chi connectivity index (χ2n) is 3.99. The molecule has 0 aliphatic carbocycles. The van der Waals surface area contributed by atoms with E-state index in [2.05, 4.69) is 36.5 Å². The third-order valence-corrected chi connectivity index (χ3v) is 2.54. The van der Waals surface area contributed by atoms with Gasteiger partial charge in [0.1, 0.15) is 0 Å². The van der Waals surface area contributed by atoms with Crippen LogP contribution >= 0.6 is 0 Å². The van der Waals surface area contributed by atoms with Gasteiger partial charge < -0.3 is 10.4 Å². The Kier molecular flexibility index (Phi) is 6.05. The maximum atomic E-state index is 8.67. The van der Waals surface area contributed by atoms with E-state index in [0.717, 1.165) is 25.8 Å². The molecule has 84 valence electrons. The number of aliphatic hydroxyl groups excluding tert-OH is 1. The van der Waals surface area contributed by atoms with E-state index in [1.807, 2.05) is 6.07 Å². The normalized spacial score (nSPS) is 12.7. The Morgan fingerprint density at radius 3 is 2.60 bits per heavy atom. The van der Waals surface area contributed by atoms with Gasteiger partial charge in [-0.1, -0.05) is 30.3 Å². The molecule has 1 aromatic carbocycles. The van der Waals surface area contributed by atoms with Crippen LogP contribution in [0, 0.1) is 0 Å². The molecule has 2 heteroatoms. The fourth-order valence-electron chi connectivity index (χ4n) is 1.55. The summed E-state index contributed by atoms with van der Waals surface area (Å²) < 4.78 is 0. The van der Waals surface area contributed by atoms with Crippen LogP contribution in [0.25, 0.3) is 0 Å². The quantitative estimate of drug-likeness (QED) is 0.673. The summed E-state index contributed by atoms with van der Waals surface area (Å²) in [5.74, 6) is 0. The van der Waals surface area contributed by atoms with Crippen molar-refractivity contribution in [1.29, 1.82) is 0 Å². The van der Waals surface area contributed by atoms with E-state index >= 15 is 0 Å². The lowest BCUT2D eigenvalue weighted by atomic mass is 10.1. The summed E-state index contributed by atoms with van der Waals surface area (Å²) >= 11 is 0. The smallest absolute Gasteiger partial charge is 0.0431 e. The minimum absolute atomic E-state index is 0.311. The molecule has 0 spiro atoms. The average molecular weight is 207 g/mol. The molecule has 2 N–H and O–H groups in total. The Hall–Kier alpha value is -0.860. The van der Waals surface area contributed by atoms with Crippen LogP contribution in [0.3, 0.4) is 0 Å². The van der Waals surface area contributed by atoms with E-state index in [-0.39, 0.29) is 0 Å². The van der Waals surface area contributed by atoms with Crippen molar-refractivity contribution in [3.63, 3.8) is 0 Å².